The summed E-state index contributed by atoms with van der Waals surface area (Å²) in [6.45, 7) is 1.43. The number of methoxy groups -OCH3 is 3. The fourth-order valence-corrected chi connectivity index (χ4v) is 7.23. The number of hydrogen-bond acceptors (Lipinski definition) is 10. The molecule has 2 aromatic carbocycles. The molecule has 0 unspecified atom stereocenters. The van der Waals surface area contributed by atoms with Gasteiger partial charge in [-0.25, -0.2) is 28.5 Å². The van der Waals surface area contributed by atoms with E-state index in [1.807, 2.05) is 0 Å². The number of rotatable bonds is 7. The molecule has 0 radical (unpaired) electrons. The highest BCUT2D eigenvalue weighted by atomic mass is 16.5. The lowest BCUT2D eigenvalue weighted by Gasteiger charge is -2.39. The first-order valence-electron chi connectivity index (χ1n) is 15.6. The van der Waals surface area contributed by atoms with Gasteiger partial charge in [0.05, 0.1) is 44.9 Å². The van der Waals surface area contributed by atoms with Gasteiger partial charge in [0.1, 0.15) is 17.2 Å². The molecule has 252 valence electrons. The fourth-order valence-electron chi connectivity index (χ4n) is 7.23. The Morgan fingerprint density at radius 1 is 0.959 bits per heavy atom. The molecule has 2 aliphatic carbocycles. The molecule has 0 fully saturated rings. The molecule has 3 heterocycles. The number of aryl methyl sites for hydroxylation is 2. The van der Waals surface area contributed by atoms with E-state index in [0.29, 0.717) is 39.4 Å². The maximum atomic E-state index is 14.1. The third kappa shape index (κ3) is 4.77. The Morgan fingerprint density at radius 2 is 1.69 bits per heavy atom. The van der Waals surface area contributed by atoms with Crippen molar-refractivity contribution in [2.24, 2.45) is 7.05 Å². The van der Waals surface area contributed by atoms with Gasteiger partial charge in [-0.05, 0) is 36.8 Å². The molecule has 0 spiro atoms. The molecule has 2 aromatic heterocycles. The summed E-state index contributed by atoms with van der Waals surface area (Å²) >= 11 is 0. The molecular weight excluding hydrogens is 634 g/mol. The second kappa shape index (κ2) is 11.6. The average Bonchev–Trinajstić information content (AvgIpc) is 3.35. The van der Waals surface area contributed by atoms with Crippen LogP contribution in [0.5, 0.6) is 23.0 Å². The third-order valence-electron chi connectivity index (χ3n) is 9.68. The Labute approximate surface area is 278 Å². The van der Waals surface area contributed by atoms with E-state index >= 15 is 0 Å². The molecule has 0 saturated carbocycles. The SMILES string of the molecule is COc1ccc(O)c([C@H]2C3=CCn4c(=O)n(CCc5nc6cc(OC)c(OC)cc6n(C)c5=O)c(=O)n4[C@@H]3CC3=C2C(=O)C=C(C)C3=O)c1. The van der Waals surface area contributed by atoms with Crippen LogP contribution in [0.2, 0.25) is 0 Å². The van der Waals surface area contributed by atoms with Crippen molar-refractivity contribution in [2.45, 2.75) is 44.8 Å². The Morgan fingerprint density at radius 3 is 2.41 bits per heavy atom. The molecule has 0 saturated heterocycles. The molecule has 0 amide bonds. The number of ketones is 2. The number of phenols is 1. The van der Waals surface area contributed by atoms with Gasteiger partial charge in [-0.15, -0.1) is 0 Å². The number of aromatic hydroxyl groups is 1. The number of ether oxygens (including phenoxy) is 3. The van der Waals surface area contributed by atoms with E-state index in [9.17, 15) is 29.1 Å². The second-order valence-corrected chi connectivity index (χ2v) is 12.2. The molecule has 49 heavy (non-hydrogen) atoms. The van der Waals surface area contributed by atoms with Crippen LogP contribution in [0.3, 0.4) is 0 Å². The third-order valence-corrected chi connectivity index (χ3v) is 9.68. The summed E-state index contributed by atoms with van der Waals surface area (Å²) in [5.74, 6) is -0.372. The molecule has 1 N–H and O–H groups in total. The van der Waals surface area contributed by atoms with Crippen molar-refractivity contribution in [1.82, 2.24) is 23.5 Å². The number of benzene rings is 2. The lowest BCUT2D eigenvalue weighted by atomic mass is 9.68. The van der Waals surface area contributed by atoms with Crippen LogP contribution in [0, 0.1) is 0 Å². The number of carbonyl (C=O) groups is 2. The Hall–Kier alpha value is -5.92. The molecule has 14 heteroatoms. The van der Waals surface area contributed by atoms with Crippen LogP contribution in [-0.4, -0.2) is 61.5 Å². The molecule has 4 aromatic rings. The van der Waals surface area contributed by atoms with E-state index in [2.05, 4.69) is 4.98 Å². The number of carbonyl (C=O) groups excluding carboxylic acids is 2. The smallest absolute Gasteiger partial charge is 0.347 e. The van der Waals surface area contributed by atoms with Gasteiger partial charge in [-0.3, -0.25) is 14.4 Å². The van der Waals surface area contributed by atoms with Crippen LogP contribution in [0.4, 0.5) is 0 Å². The Balaban J connectivity index is 1.30. The predicted molar refractivity (Wildman–Crippen MR) is 177 cm³/mol. The summed E-state index contributed by atoms with van der Waals surface area (Å²) in [5.41, 5.74) is 1.20. The first-order valence-corrected chi connectivity index (χ1v) is 15.6. The summed E-state index contributed by atoms with van der Waals surface area (Å²) in [4.78, 5) is 72.7. The summed E-state index contributed by atoms with van der Waals surface area (Å²) in [6, 6.07) is 7.14. The van der Waals surface area contributed by atoms with Crippen molar-refractivity contribution < 1.29 is 28.9 Å². The highest BCUT2D eigenvalue weighted by Gasteiger charge is 2.45. The summed E-state index contributed by atoms with van der Waals surface area (Å²) < 4.78 is 21.3. The summed E-state index contributed by atoms with van der Waals surface area (Å²) in [6.07, 6.45) is 3.05. The van der Waals surface area contributed by atoms with Crippen LogP contribution < -0.4 is 31.1 Å². The number of phenolic OH excluding ortho intramolecular Hbond substituents is 1. The maximum Gasteiger partial charge on any atom is 0.347 e. The van der Waals surface area contributed by atoms with Gasteiger partial charge in [0, 0.05) is 66.8 Å². The topological polar surface area (TPSA) is 166 Å². The Kier molecular flexibility index (Phi) is 7.53. The summed E-state index contributed by atoms with van der Waals surface area (Å²) in [7, 11) is 6.06. The van der Waals surface area contributed by atoms with Gasteiger partial charge in [0.2, 0.25) is 0 Å². The van der Waals surface area contributed by atoms with Crippen molar-refractivity contribution >= 4 is 22.6 Å². The summed E-state index contributed by atoms with van der Waals surface area (Å²) in [5, 5.41) is 11.0. The minimum atomic E-state index is -0.871. The molecule has 3 aliphatic rings. The largest absolute Gasteiger partial charge is 0.508 e. The van der Waals surface area contributed by atoms with Gasteiger partial charge >= 0.3 is 11.4 Å². The zero-order valence-corrected chi connectivity index (χ0v) is 27.5. The van der Waals surface area contributed by atoms with Crippen molar-refractivity contribution in [1.29, 1.82) is 0 Å². The minimum absolute atomic E-state index is 0.000418. The van der Waals surface area contributed by atoms with Crippen molar-refractivity contribution in [2.75, 3.05) is 21.3 Å². The lowest BCUT2D eigenvalue weighted by molar-refractivity contribution is -0.116. The van der Waals surface area contributed by atoms with Crippen LogP contribution in [-0.2, 0) is 36.1 Å². The highest BCUT2D eigenvalue weighted by molar-refractivity contribution is 6.23. The highest BCUT2D eigenvalue weighted by Crippen LogP contribution is 2.51. The van der Waals surface area contributed by atoms with Crippen LogP contribution in [0.25, 0.3) is 11.0 Å². The van der Waals surface area contributed by atoms with E-state index in [0.717, 1.165) is 4.57 Å². The van der Waals surface area contributed by atoms with Gasteiger partial charge in [0.15, 0.2) is 23.1 Å². The monoisotopic (exact) mass is 667 g/mol. The van der Waals surface area contributed by atoms with Crippen molar-refractivity contribution in [3.05, 3.63) is 107 Å². The van der Waals surface area contributed by atoms with Crippen molar-refractivity contribution in [3.63, 3.8) is 0 Å². The van der Waals surface area contributed by atoms with Crippen molar-refractivity contribution in [3.8, 4) is 23.0 Å². The number of hydrogen-bond donors (Lipinski definition) is 1. The molecule has 1 aliphatic heterocycles. The first-order chi connectivity index (χ1) is 23.5. The van der Waals surface area contributed by atoms with Gasteiger partial charge in [-0.2, -0.15) is 0 Å². The number of Topliss-reactive ketones (excluding diaryl/α,β-unsaturated/α-hetero) is 1. The maximum absolute atomic E-state index is 14.1. The van der Waals surface area contributed by atoms with Crippen LogP contribution in [0.1, 0.15) is 36.6 Å². The zero-order valence-electron chi connectivity index (χ0n) is 27.5. The van der Waals surface area contributed by atoms with E-state index in [4.69, 9.17) is 14.2 Å². The van der Waals surface area contributed by atoms with E-state index in [-0.39, 0.29) is 65.7 Å². The number of fused-ring (bicyclic) bond motifs is 4. The van der Waals surface area contributed by atoms with Gasteiger partial charge in [-0.1, -0.05) is 6.08 Å². The normalized spacial score (nSPS) is 18.5. The van der Waals surface area contributed by atoms with Gasteiger partial charge < -0.3 is 23.9 Å². The molecular formula is C35H33N5O9. The molecule has 2 atom stereocenters. The van der Waals surface area contributed by atoms with Crippen LogP contribution >= 0.6 is 0 Å². The van der Waals surface area contributed by atoms with Gasteiger partial charge in [0.25, 0.3) is 5.56 Å². The Bertz CT molecular complexity index is 2400. The second-order valence-electron chi connectivity index (χ2n) is 12.2. The first kappa shape index (κ1) is 31.7. The van der Waals surface area contributed by atoms with E-state index in [1.165, 1.54) is 47.4 Å². The van der Waals surface area contributed by atoms with Crippen LogP contribution in [0.15, 0.2) is 79.2 Å². The number of nitrogens with zero attached hydrogens (tertiary/aromatic N) is 5. The minimum Gasteiger partial charge on any atom is -0.508 e. The quantitative estimate of drug-likeness (QED) is 0.228. The average molecular weight is 668 g/mol. The molecule has 7 rings (SSSR count). The zero-order chi connectivity index (χ0) is 34.9. The fraction of sp³-hybridized carbons (Fsp3) is 0.314. The number of aromatic nitrogens is 5. The number of allylic oxidation sites excluding steroid dienone is 6. The van der Waals surface area contributed by atoms with E-state index < -0.39 is 28.9 Å². The predicted octanol–water partition coefficient (Wildman–Crippen LogP) is 2.10. The molecule has 0 bridgehead atoms. The lowest BCUT2D eigenvalue weighted by Crippen LogP contribution is -2.40. The standard InChI is InChI=1S/C35H33N5O9/c1-17-12-27(42)31-21(32(17)43)14-24-19(30(31)20-13-18(47-3)6-7-26(20)41)8-11-39-34(45)38(35(46)40(24)39)10-9-22-33(44)37(2)25-16-29(49-5)28(48-4)15-23(25)36-22/h6-8,12-13,15-16,24,30,41H,9-11,14H2,1-5H3/t24-,30-/m1/s1. The molecule has 14 nitrogen and oxygen atoms in total. The van der Waals surface area contributed by atoms with E-state index in [1.54, 1.807) is 44.3 Å².